The predicted molar refractivity (Wildman–Crippen MR) is 155 cm³/mol. The zero-order valence-corrected chi connectivity index (χ0v) is 20.6. The molecule has 172 valence electrons. The highest BCUT2D eigenvalue weighted by Gasteiger charge is 2.13. The molecule has 0 aliphatic heterocycles. The first-order valence-electron chi connectivity index (χ1n) is 11.8. The van der Waals surface area contributed by atoms with Crippen molar-refractivity contribution in [2.45, 2.75) is 13.5 Å². The standard InChI is InChI=1S/C32H28N2S/c1-3-4-5-10-22(2)29-20-24(17-18-30(29)34-25-12-8-11-23(19-25)21-33)26-14-9-15-28-27-13-6-7-16-31(27)35-32(26)28/h3-20,34H,2,21,33H2,1H3/b4-3-,10-5-. The van der Waals surface area contributed by atoms with Crippen LogP contribution in [0.25, 0.3) is 36.9 Å². The van der Waals surface area contributed by atoms with Crippen molar-refractivity contribution in [3.8, 4) is 11.1 Å². The number of fused-ring (bicyclic) bond motifs is 3. The van der Waals surface area contributed by atoms with Crippen molar-refractivity contribution in [3.05, 3.63) is 127 Å². The molecule has 35 heavy (non-hydrogen) atoms. The number of thiophene rings is 1. The summed E-state index contributed by atoms with van der Waals surface area (Å²) in [5.74, 6) is 0. The van der Waals surface area contributed by atoms with Gasteiger partial charge in [-0.2, -0.15) is 0 Å². The smallest absolute Gasteiger partial charge is 0.0464 e. The lowest BCUT2D eigenvalue weighted by atomic mass is 9.96. The highest BCUT2D eigenvalue weighted by atomic mass is 32.1. The molecule has 5 rings (SSSR count). The fraction of sp³-hybridized carbons (Fsp3) is 0.0625. The van der Waals surface area contributed by atoms with Crippen LogP contribution in [0.5, 0.6) is 0 Å². The first-order chi connectivity index (χ1) is 17.2. The predicted octanol–water partition coefficient (Wildman–Crippen LogP) is 9.07. The quantitative estimate of drug-likeness (QED) is 0.232. The number of hydrogen-bond donors (Lipinski definition) is 2. The third-order valence-electron chi connectivity index (χ3n) is 6.12. The average Bonchev–Trinajstić information content (AvgIpc) is 3.28. The topological polar surface area (TPSA) is 38.0 Å². The summed E-state index contributed by atoms with van der Waals surface area (Å²) in [5.41, 5.74) is 13.4. The van der Waals surface area contributed by atoms with E-state index in [1.165, 1.54) is 31.3 Å². The van der Waals surface area contributed by atoms with Crippen molar-refractivity contribution in [2.24, 2.45) is 5.73 Å². The summed E-state index contributed by atoms with van der Waals surface area (Å²) in [6.07, 6.45) is 8.12. The molecule has 0 saturated carbocycles. The van der Waals surface area contributed by atoms with Gasteiger partial charge in [-0.3, -0.25) is 0 Å². The van der Waals surface area contributed by atoms with Crippen molar-refractivity contribution in [1.29, 1.82) is 0 Å². The van der Waals surface area contributed by atoms with Crippen LogP contribution in [0.1, 0.15) is 18.1 Å². The molecular weight excluding hydrogens is 444 g/mol. The zero-order valence-electron chi connectivity index (χ0n) is 19.8. The van der Waals surface area contributed by atoms with E-state index < -0.39 is 0 Å². The summed E-state index contributed by atoms with van der Waals surface area (Å²) in [6.45, 7) is 6.91. The monoisotopic (exact) mass is 472 g/mol. The van der Waals surface area contributed by atoms with Crippen molar-refractivity contribution in [2.75, 3.05) is 5.32 Å². The van der Waals surface area contributed by atoms with E-state index in [9.17, 15) is 0 Å². The van der Waals surface area contributed by atoms with E-state index in [-0.39, 0.29) is 0 Å². The van der Waals surface area contributed by atoms with E-state index in [0.717, 1.165) is 28.1 Å². The van der Waals surface area contributed by atoms with Gasteiger partial charge in [0.15, 0.2) is 0 Å². The summed E-state index contributed by atoms with van der Waals surface area (Å²) in [4.78, 5) is 0. The third-order valence-corrected chi connectivity index (χ3v) is 7.34. The van der Waals surface area contributed by atoms with E-state index in [2.05, 4.69) is 90.8 Å². The van der Waals surface area contributed by atoms with E-state index in [1.54, 1.807) is 0 Å². The highest BCUT2D eigenvalue weighted by Crippen LogP contribution is 2.41. The third kappa shape index (κ3) is 4.69. The highest BCUT2D eigenvalue weighted by molar-refractivity contribution is 7.26. The average molecular weight is 473 g/mol. The minimum absolute atomic E-state index is 0.513. The van der Waals surface area contributed by atoms with Crippen LogP contribution in [-0.4, -0.2) is 0 Å². The van der Waals surface area contributed by atoms with Crippen LogP contribution >= 0.6 is 11.3 Å². The molecule has 1 aromatic heterocycles. The summed E-state index contributed by atoms with van der Waals surface area (Å²) < 4.78 is 2.62. The van der Waals surface area contributed by atoms with Crippen LogP contribution in [0.4, 0.5) is 11.4 Å². The van der Waals surface area contributed by atoms with E-state index >= 15 is 0 Å². The largest absolute Gasteiger partial charge is 0.355 e. The summed E-state index contributed by atoms with van der Waals surface area (Å²) in [6, 6.07) is 30.0. The van der Waals surface area contributed by atoms with Gasteiger partial charge in [0.2, 0.25) is 0 Å². The number of anilines is 2. The number of rotatable bonds is 7. The van der Waals surface area contributed by atoms with Gasteiger partial charge in [-0.1, -0.05) is 85.5 Å². The maximum atomic E-state index is 5.86. The molecule has 1 heterocycles. The Labute approximate surface area is 210 Å². The number of allylic oxidation sites excluding steroid dienone is 5. The molecule has 0 aliphatic carbocycles. The second-order valence-corrected chi connectivity index (χ2v) is 9.53. The number of nitrogens with one attached hydrogen (secondary N) is 1. The maximum absolute atomic E-state index is 5.86. The molecule has 0 atom stereocenters. The number of nitrogens with two attached hydrogens (primary N) is 1. The van der Waals surface area contributed by atoms with Gasteiger partial charge >= 0.3 is 0 Å². The fourth-order valence-corrected chi connectivity index (χ4v) is 5.60. The van der Waals surface area contributed by atoms with Crippen LogP contribution in [0.2, 0.25) is 0 Å². The Morgan fingerprint density at radius 1 is 0.914 bits per heavy atom. The Bertz CT molecular complexity index is 1590. The van der Waals surface area contributed by atoms with Crippen molar-refractivity contribution in [1.82, 2.24) is 0 Å². The molecule has 0 radical (unpaired) electrons. The lowest BCUT2D eigenvalue weighted by Gasteiger charge is -2.15. The van der Waals surface area contributed by atoms with Gasteiger partial charge in [0.25, 0.3) is 0 Å². The van der Waals surface area contributed by atoms with Crippen LogP contribution in [0.3, 0.4) is 0 Å². The lowest BCUT2D eigenvalue weighted by Crippen LogP contribution is -1.99. The summed E-state index contributed by atoms with van der Waals surface area (Å²) in [7, 11) is 0. The lowest BCUT2D eigenvalue weighted by molar-refractivity contribution is 1.07. The molecule has 0 bridgehead atoms. The molecule has 5 aromatic rings. The second kappa shape index (κ2) is 10.1. The minimum atomic E-state index is 0.513. The molecule has 0 saturated heterocycles. The van der Waals surface area contributed by atoms with Gasteiger partial charge in [-0.15, -0.1) is 11.3 Å². The molecule has 3 heteroatoms. The van der Waals surface area contributed by atoms with Crippen LogP contribution in [0.15, 0.2) is 116 Å². The molecule has 0 amide bonds. The van der Waals surface area contributed by atoms with Gasteiger partial charge < -0.3 is 11.1 Å². The van der Waals surface area contributed by atoms with Crippen LogP contribution in [0, 0.1) is 0 Å². The zero-order chi connectivity index (χ0) is 24.2. The SMILES string of the molecule is C=C(/C=C\C=C/C)c1cc(-c2cccc3c2sc2ccccc23)ccc1Nc1cccc(CN)c1. The van der Waals surface area contributed by atoms with Gasteiger partial charge in [-0.05, 0) is 59.5 Å². The second-order valence-electron chi connectivity index (χ2n) is 8.48. The normalized spacial score (nSPS) is 11.7. The molecule has 0 spiro atoms. The van der Waals surface area contributed by atoms with E-state index in [0.29, 0.717) is 6.54 Å². The molecule has 4 aromatic carbocycles. The van der Waals surface area contributed by atoms with Crippen LogP contribution in [-0.2, 0) is 6.54 Å². The first-order valence-corrected chi connectivity index (χ1v) is 12.6. The molecule has 0 fully saturated rings. The number of hydrogen-bond acceptors (Lipinski definition) is 3. The summed E-state index contributed by atoms with van der Waals surface area (Å²) >= 11 is 1.85. The van der Waals surface area contributed by atoms with E-state index in [4.69, 9.17) is 5.73 Å². The Hall–Kier alpha value is -3.92. The Balaban J connectivity index is 1.63. The minimum Gasteiger partial charge on any atom is -0.355 e. The Kier molecular flexibility index (Phi) is 6.62. The van der Waals surface area contributed by atoms with Gasteiger partial charge in [0.1, 0.15) is 0 Å². The van der Waals surface area contributed by atoms with Gasteiger partial charge in [0, 0.05) is 43.7 Å². The Morgan fingerprint density at radius 3 is 2.60 bits per heavy atom. The molecule has 0 aliphatic rings. The fourth-order valence-electron chi connectivity index (χ4n) is 4.37. The van der Waals surface area contributed by atoms with Crippen molar-refractivity contribution >= 4 is 48.5 Å². The molecule has 3 N–H and O–H groups in total. The number of benzene rings is 4. The molecule has 0 unspecified atom stereocenters. The van der Waals surface area contributed by atoms with E-state index in [1.807, 2.05) is 48.6 Å². The maximum Gasteiger partial charge on any atom is 0.0464 e. The molecule has 2 nitrogen and oxygen atoms in total. The van der Waals surface area contributed by atoms with Crippen LogP contribution < -0.4 is 11.1 Å². The summed E-state index contributed by atoms with van der Waals surface area (Å²) in [5, 5.41) is 6.20. The Morgan fingerprint density at radius 2 is 1.74 bits per heavy atom. The van der Waals surface area contributed by atoms with Gasteiger partial charge in [-0.25, -0.2) is 0 Å². The van der Waals surface area contributed by atoms with Crippen molar-refractivity contribution < 1.29 is 0 Å². The van der Waals surface area contributed by atoms with Gasteiger partial charge in [0.05, 0.1) is 0 Å². The first kappa shape index (κ1) is 22.9. The van der Waals surface area contributed by atoms with Crippen molar-refractivity contribution in [3.63, 3.8) is 0 Å². The molecular formula is C32H28N2S.